The standard InChI is InChI=1S/C23H28N2O6/c1-13(27)25-17-7-5-14-11-20(29-2)22(30-3)23(31-4)21(14)15-6-8-18(24-9-10-26)19(28)12-16(15)17/h6,8,11-12,17,26H,5,7,9-10H2,1-4H3,(H,24,28)(H,25,27). The van der Waals surface area contributed by atoms with Gasteiger partial charge in [-0.25, -0.2) is 0 Å². The molecule has 0 heterocycles. The van der Waals surface area contributed by atoms with Crippen molar-refractivity contribution in [3.05, 3.63) is 45.6 Å². The molecule has 0 bridgehead atoms. The van der Waals surface area contributed by atoms with E-state index in [0.717, 1.165) is 16.7 Å². The molecule has 1 amide bonds. The Morgan fingerprint density at radius 2 is 1.87 bits per heavy atom. The van der Waals surface area contributed by atoms with E-state index in [0.29, 0.717) is 41.3 Å². The van der Waals surface area contributed by atoms with Crippen molar-refractivity contribution < 1.29 is 24.1 Å². The molecule has 2 aromatic rings. The number of aryl methyl sites for hydroxylation is 1. The van der Waals surface area contributed by atoms with E-state index < -0.39 is 0 Å². The minimum atomic E-state index is -0.354. The quantitative estimate of drug-likeness (QED) is 0.621. The maximum atomic E-state index is 12.9. The molecule has 1 unspecified atom stereocenters. The number of methoxy groups -OCH3 is 3. The summed E-state index contributed by atoms with van der Waals surface area (Å²) in [5, 5.41) is 15.0. The van der Waals surface area contributed by atoms with Crippen LogP contribution in [-0.2, 0) is 11.2 Å². The van der Waals surface area contributed by atoms with Crippen LogP contribution in [0, 0.1) is 0 Å². The number of nitrogens with one attached hydrogen (secondary N) is 2. The molecule has 0 saturated carbocycles. The van der Waals surface area contributed by atoms with Gasteiger partial charge in [0.2, 0.25) is 17.1 Å². The highest BCUT2D eigenvalue weighted by molar-refractivity contribution is 5.83. The van der Waals surface area contributed by atoms with Gasteiger partial charge in [0, 0.05) is 19.0 Å². The summed E-state index contributed by atoms with van der Waals surface area (Å²) in [7, 11) is 4.67. The van der Waals surface area contributed by atoms with Crippen molar-refractivity contribution in [2.75, 3.05) is 39.8 Å². The van der Waals surface area contributed by atoms with Crippen LogP contribution in [0.1, 0.15) is 30.5 Å². The first-order chi connectivity index (χ1) is 14.9. The Hall–Kier alpha value is -3.26. The van der Waals surface area contributed by atoms with Gasteiger partial charge >= 0.3 is 0 Å². The summed E-state index contributed by atoms with van der Waals surface area (Å²) in [6.07, 6.45) is 1.24. The molecular weight excluding hydrogens is 400 g/mol. The maximum Gasteiger partial charge on any atom is 0.217 e. The molecule has 2 aromatic carbocycles. The van der Waals surface area contributed by atoms with Crippen molar-refractivity contribution in [2.45, 2.75) is 25.8 Å². The van der Waals surface area contributed by atoms with Crippen LogP contribution in [0.2, 0.25) is 0 Å². The zero-order valence-electron chi connectivity index (χ0n) is 18.2. The number of aliphatic hydroxyl groups excluding tert-OH is 1. The molecule has 8 heteroatoms. The fourth-order valence-corrected chi connectivity index (χ4v) is 4.04. The molecule has 3 N–H and O–H groups in total. The summed E-state index contributed by atoms with van der Waals surface area (Å²) in [4.78, 5) is 24.8. The predicted octanol–water partition coefficient (Wildman–Crippen LogP) is 2.27. The molecule has 0 radical (unpaired) electrons. The normalized spacial score (nSPS) is 14.5. The number of aliphatic hydroxyl groups is 1. The first-order valence-electron chi connectivity index (χ1n) is 10.1. The third-order valence-corrected chi connectivity index (χ3v) is 5.34. The van der Waals surface area contributed by atoms with Gasteiger partial charge in [0.15, 0.2) is 11.5 Å². The number of hydrogen-bond donors (Lipinski definition) is 3. The van der Waals surface area contributed by atoms with Crippen molar-refractivity contribution in [3.63, 3.8) is 0 Å². The van der Waals surface area contributed by atoms with Crippen LogP contribution < -0.4 is 30.3 Å². The first-order valence-corrected chi connectivity index (χ1v) is 10.1. The lowest BCUT2D eigenvalue weighted by atomic mass is 9.95. The minimum Gasteiger partial charge on any atom is -0.493 e. The van der Waals surface area contributed by atoms with Crippen molar-refractivity contribution in [2.24, 2.45) is 0 Å². The van der Waals surface area contributed by atoms with E-state index in [-0.39, 0.29) is 30.5 Å². The predicted molar refractivity (Wildman–Crippen MR) is 118 cm³/mol. The second-order valence-electron chi connectivity index (χ2n) is 7.25. The average Bonchev–Trinajstić information content (AvgIpc) is 2.99. The number of amides is 1. The van der Waals surface area contributed by atoms with Crippen molar-refractivity contribution in [1.29, 1.82) is 0 Å². The van der Waals surface area contributed by atoms with Crippen molar-refractivity contribution in [1.82, 2.24) is 5.32 Å². The zero-order chi connectivity index (χ0) is 22.5. The summed E-state index contributed by atoms with van der Waals surface area (Å²) in [5.41, 5.74) is 3.36. The number of fused-ring (bicyclic) bond motifs is 3. The fraction of sp³-hybridized carbons (Fsp3) is 0.391. The maximum absolute atomic E-state index is 12.9. The number of rotatable bonds is 7. The van der Waals surface area contributed by atoms with Gasteiger partial charge in [-0.05, 0) is 47.7 Å². The Morgan fingerprint density at radius 3 is 2.48 bits per heavy atom. The molecule has 0 fully saturated rings. The zero-order valence-corrected chi connectivity index (χ0v) is 18.2. The van der Waals surface area contributed by atoms with Gasteiger partial charge in [0.25, 0.3) is 0 Å². The molecule has 0 spiro atoms. The summed E-state index contributed by atoms with van der Waals surface area (Å²) in [5.74, 6) is 1.33. The van der Waals surface area contributed by atoms with Crippen LogP contribution in [0.5, 0.6) is 17.2 Å². The Kier molecular flexibility index (Phi) is 7.02. The minimum absolute atomic E-state index is 0.0973. The molecule has 1 aliphatic rings. The van der Waals surface area contributed by atoms with Crippen molar-refractivity contribution in [3.8, 4) is 28.4 Å². The molecule has 0 saturated heterocycles. The molecule has 0 aliphatic heterocycles. The Morgan fingerprint density at radius 1 is 1.13 bits per heavy atom. The van der Waals surface area contributed by atoms with Crippen LogP contribution in [0.25, 0.3) is 11.1 Å². The molecule has 31 heavy (non-hydrogen) atoms. The molecule has 8 nitrogen and oxygen atoms in total. The van der Waals surface area contributed by atoms with E-state index in [2.05, 4.69) is 10.6 Å². The summed E-state index contributed by atoms with van der Waals surface area (Å²) in [6, 6.07) is 6.62. The first kappa shape index (κ1) is 22.4. The van der Waals surface area contributed by atoms with Crippen LogP contribution in [0.3, 0.4) is 0 Å². The largest absolute Gasteiger partial charge is 0.493 e. The van der Waals surface area contributed by atoms with Crippen LogP contribution in [-0.4, -0.2) is 45.5 Å². The molecule has 1 aliphatic carbocycles. The molecular formula is C23H28N2O6. The molecule has 166 valence electrons. The lowest BCUT2D eigenvalue weighted by Crippen LogP contribution is -2.26. The van der Waals surface area contributed by atoms with E-state index >= 15 is 0 Å². The number of carbonyl (C=O) groups excluding carboxylic acids is 1. The molecule has 0 aromatic heterocycles. The van der Waals surface area contributed by atoms with Crippen molar-refractivity contribution >= 4 is 11.6 Å². The number of ether oxygens (including phenoxy) is 3. The molecule has 1 atom stereocenters. The van der Waals surface area contributed by atoms with Gasteiger partial charge in [0.05, 0.1) is 39.7 Å². The fourth-order valence-electron chi connectivity index (χ4n) is 4.04. The Balaban J connectivity index is 2.36. The van der Waals surface area contributed by atoms with Gasteiger partial charge in [-0.1, -0.05) is 6.07 Å². The highest BCUT2D eigenvalue weighted by Crippen LogP contribution is 2.50. The topological polar surface area (TPSA) is 106 Å². The SMILES string of the molecule is COc1cc2c(c(OC)c1OC)-c1ccc(NCCO)c(=O)cc1C(NC(C)=O)CC2. The van der Waals surface area contributed by atoms with E-state index in [9.17, 15) is 9.59 Å². The van der Waals surface area contributed by atoms with Gasteiger partial charge in [0.1, 0.15) is 0 Å². The van der Waals surface area contributed by atoms with Gasteiger partial charge < -0.3 is 30.0 Å². The summed E-state index contributed by atoms with van der Waals surface area (Å²) in [6.45, 7) is 1.61. The van der Waals surface area contributed by atoms with Gasteiger partial charge in [-0.2, -0.15) is 0 Å². The van der Waals surface area contributed by atoms with Crippen LogP contribution >= 0.6 is 0 Å². The van der Waals surface area contributed by atoms with Gasteiger partial charge in [-0.3, -0.25) is 9.59 Å². The van der Waals surface area contributed by atoms with Gasteiger partial charge in [-0.15, -0.1) is 0 Å². The summed E-state index contributed by atoms with van der Waals surface area (Å²) < 4.78 is 16.8. The van der Waals surface area contributed by atoms with Crippen LogP contribution in [0.4, 0.5) is 5.69 Å². The Labute approximate surface area is 181 Å². The molecule has 3 rings (SSSR count). The monoisotopic (exact) mass is 428 g/mol. The number of benzene rings is 1. The smallest absolute Gasteiger partial charge is 0.217 e. The number of hydrogen-bond acceptors (Lipinski definition) is 7. The average molecular weight is 428 g/mol. The van der Waals surface area contributed by atoms with E-state index in [1.54, 1.807) is 33.5 Å². The highest BCUT2D eigenvalue weighted by atomic mass is 16.5. The third-order valence-electron chi connectivity index (χ3n) is 5.34. The Bertz CT molecular complexity index is 1040. The highest BCUT2D eigenvalue weighted by Gasteiger charge is 2.29. The number of carbonyl (C=O) groups is 1. The number of anilines is 1. The lowest BCUT2D eigenvalue weighted by molar-refractivity contribution is -0.119. The summed E-state index contributed by atoms with van der Waals surface area (Å²) >= 11 is 0. The van der Waals surface area contributed by atoms with Crippen LogP contribution in [0.15, 0.2) is 29.1 Å². The lowest BCUT2D eigenvalue weighted by Gasteiger charge is -2.19. The van der Waals surface area contributed by atoms with E-state index in [1.807, 2.05) is 12.1 Å². The second-order valence-corrected chi connectivity index (χ2v) is 7.25. The second kappa shape index (κ2) is 9.70. The van der Waals surface area contributed by atoms with E-state index in [4.69, 9.17) is 19.3 Å². The van der Waals surface area contributed by atoms with E-state index in [1.165, 1.54) is 6.92 Å². The third kappa shape index (κ3) is 4.44.